The first-order valence-corrected chi connectivity index (χ1v) is 12.0. The number of hydrogen-bond donors (Lipinski definition) is 0. The van der Waals surface area contributed by atoms with Crippen LogP contribution in [-0.4, -0.2) is 29.4 Å². The SMILES string of the molecule is CCc1ccc(SC)cc1N(CON=C1CCCCCC1)C(=O)C(Br)CC. The molecular weight excluding hydrogens is 424 g/mol. The number of rotatable bonds is 8. The Labute approximate surface area is 176 Å². The van der Waals surface area contributed by atoms with E-state index in [-0.39, 0.29) is 17.5 Å². The summed E-state index contributed by atoms with van der Waals surface area (Å²) in [5, 5.41) is 4.38. The molecule has 1 aliphatic carbocycles. The summed E-state index contributed by atoms with van der Waals surface area (Å²) in [6.07, 6.45) is 10.6. The number of benzene rings is 1. The van der Waals surface area contributed by atoms with Gasteiger partial charge in [-0.05, 0) is 62.5 Å². The van der Waals surface area contributed by atoms with Crippen LogP contribution in [-0.2, 0) is 16.1 Å². The summed E-state index contributed by atoms with van der Waals surface area (Å²) in [6.45, 7) is 4.26. The topological polar surface area (TPSA) is 41.9 Å². The molecule has 4 nitrogen and oxygen atoms in total. The molecule has 0 spiro atoms. The largest absolute Gasteiger partial charge is 0.373 e. The molecule has 0 N–H and O–H groups in total. The van der Waals surface area contributed by atoms with Gasteiger partial charge in [0, 0.05) is 4.90 Å². The molecule has 0 radical (unpaired) electrons. The second-order valence-electron chi connectivity index (χ2n) is 6.82. The van der Waals surface area contributed by atoms with Crippen LogP contribution in [0, 0.1) is 0 Å². The maximum absolute atomic E-state index is 13.0. The minimum Gasteiger partial charge on any atom is -0.373 e. The minimum absolute atomic E-state index is 0.0199. The zero-order chi connectivity index (χ0) is 19.6. The number of alkyl halides is 1. The molecule has 1 atom stereocenters. The van der Waals surface area contributed by atoms with Gasteiger partial charge in [0.15, 0.2) is 6.73 Å². The quantitative estimate of drug-likeness (QED) is 0.155. The van der Waals surface area contributed by atoms with E-state index in [1.165, 1.54) is 25.7 Å². The van der Waals surface area contributed by atoms with Crippen LogP contribution in [0.3, 0.4) is 0 Å². The van der Waals surface area contributed by atoms with E-state index in [0.29, 0.717) is 0 Å². The molecule has 0 bridgehead atoms. The summed E-state index contributed by atoms with van der Waals surface area (Å²) in [7, 11) is 0. The van der Waals surface area contributed by atoms with Crippen LogP contribution in [0.2, 0.25) is 0 Å². The van der Waals surface area contributed by atoms with Crippen LogP contribution < -0.4 is 4.90 Å². The van der Waals surface area contributed by atoms with E-state index in [0.717, 1.165) is 47.5 Å². The Bertz CT molecular complexity index is 641. The summed E-state index contributed by atoms with van der Waals surface area (Å²) >= 11 is 5.19. The van der Waals surface area contributed by atoms with Gasteiger partial charge in [-0.2, -0.15) is 0 Å². The van der Waals surface area contributed by atoms with E-state index >= 15 is 0 Å². The number of nitrogens with zero attached hydrogens (tertiary/aromatic N) is 2. The van der Waals surface area contributed by atoms with Gasteiger partial charge in [0.05, 0.1) is 16.2 Å². The molecule has 1 aromatic carbocycles. The zero-order valence-electron chi connectivity index (χ0n) is 16.7. The lowest BCUT2D eigenvalue weighted by molar-refractivity contribution is -0.119. The highest BCUT2D eigenvalue weighted by Crippen LogP contribution is 2.29. The first kappa shape index (κ1) is 22.3. The molecule has 0 saturated heterocycles. The number of halogens is 1. The number of anilines is 1. The molecule has 1 amide bonds. The highest BCUT2D eigenvalue weighted by molar-refractivity contribution is 9.10. The fraction of sp³-hybridized carbons (Fsp3) is 0.619. The molecular formula is C21H31BrN2O2S. The fourth-order valence-electron chi connectivity index (χ4n) is 3.22. The fourth-order valence-corrected chi connectivity index (χ4v) is 3.90. The summed E-state index contributed by atoms with van der Waals surface area (Å²) in [4.78, 5) is 21.4. The van der Waals surface area contributed by atoms with Crippen LogP contribution in [0.5, 0.6) is 0 Å². The molecule has 1 aliphatic rings. The van der Waals surface area contributed by atoms with Gasteiger partial charge in [-0.3, -0.25) is 9.69 Å². The van der Waals surface area contributed by atoms with Crippen molar-refractivity contribution < 1.29 is 9.63 Å². The minimum atomic E-state index is -0.228. The van der Waals surface area contributed by atoms with E-state index in [9.17, 15) is 4.79 Å². The van der Waals surface area contributed by atoms with Gasteiger partial charge >= 0.3 is 0 Å². The first-order valence-electron chi connectivity index (χ1n) is 9.90. The molecule has 1 aromatic rings. The maximum Gasteiger partial charge on any atom is 0.243 e. The van der Waals surface area contributed by atoms with E-state index in [1.807, 2.05) is 13.2 Å². The second-order valence-corrected chi connectivity index (χ2v) is 8.81. The van der Waals surface area contributed by atoms with Crippen LogP contribution in [0.1, 0.15) is 64.4 Å². The lowest BCUT2D eigenvalue weighted by atomic mass is 10.1. The van der Waals surface area contributed by atoms with Crippen molar-refractivity contribution in [2.75, 3.05) is 17.9 Å². The summed E-state index contributed by atoms with van der Waals surface area (Å²) in [5.41, 5.74) is 3.19. The van der Waals surface area contributed by atoms with Gasteiger partial charge in [0.25, 0.3) is 0 Å². The smallest absolute Gasteiger partial charge is 0.243 e. The van der Waals surface area contributed by atoms with Crippen LogP contribution in [0.15, 0.2) is 28.3 Å². The van der Waals surface area contributed by atoms with Gasteiger partial charge in [0.2, 0.25) is 5.91 Å². The van der Waals surface area contributed by atoms with Gasteiger partial charge in [-0.1, -0.05) is 53.8 Å². The molecule has 6 heteroatoms. The Kier molecular flexibility index (Phi) is 9.69. The first-order chi connectivity index (χ1) is 13.1. The average Bonchev–Trinajstić information content (AvgIpc) is 2.98. The molecule has 27 heavy (non-hydrogen) atoms. The lowest BCUT2D eigenvalue weighted by Gasteiger charge is -2.26. The summed E-state index contributed by atoms with van der Waals surface area (Å²) in [5.74, 6) is 0.0199. The molecule has 2 rings (SSSR count). The van der Waals surface area contributed by atoms with Crippen LogP contribution in [0.25, 0.3) is 0 Å². The van der Waals surface area contributed by atoms with E-state index in [1.54, 1.807) is 16.7 Å². The average molecular weight is 455 g/mol. The van der Waals surface area contributed by atoms with Crippen molar-refractivity contribution >= 4 is 45.0 Å². The summed E-state index contributed by atoms with van der Waals surface area (Å²) < 4.78 is 0. The molecule has 1 unspecified atom stereocenters. The van der Waals surface area contributed by atoms with Gasteiger partial charge < -0.3 is 4.84 Å². The standard InChI is InChI=1S/C21H31BrN2O2S/c1-4-16-12-13-18(27-3)14-20(16)24(21(25)19(22)5-2)15-26-23-17-10-8-6-7-9-11-17/h12-14,19H,4-11,15H2,1-3H3. The highest BCUT2D eigenvalue weighted by Gasteiger charge is 2.25. The number of thioether (sulfide) groups is 1. The second kappa shape index (κ2) is 11.7. The van der Waals surface area contributed by atoms with Gasteiger partial charge in [-0.15, -0.1) is 11.8 Å². The number of carbonyl (C=O) groups is 1. The predicted octanol–water partition coefficient (Wildman–Crippen LogP) is 6.16. The van der Waals surface area contributed by atoms with Crippen molar-refractivity contribution in [2.24, 2.45) is 5.16 Å². The summed E-state index contributed by atoms with van der Waals surface area (Å²) in [6, 6.07) is 6.29. The van der Waals surface area contributed by atoms with Gasteiger partial charge in [-0.25, -0.2) is 0 Å². The number of hydrogen-bond acceptors (Lipinski definition) is 4. The Morgan fingerprint density at radius 2 is 1.96 bits per heavy atom. The number of aryl methyl sites for hydroxylation is 1. The third-order valence-electron chi connectivity index (χ3n) is 4.92. The molecule has 0 aromatic heterocycles. The third-order valence-corrected chi connectivity index (χ3v) is 6.68. The van der Waals surface area contributed by atoms with Crippen molar-refractivity contribution in [1.29, 1.82) is 0 Å². The number of amides is 1. The Hall–Kier alpha value is -1.01. The van der Waals surface area contributed by atoms with E-state index in [2.05, 4.69) is 46.2 Å². The molecule has 1 saturated carbocycles. The van der Waals surface area contributed by atoms with Crippen molar-refractivity contribution in [3.8, 4) is 0 Å². The van der Waals surface area contributed by atoms with Crippen LogP contribution >= 0.6 is 27.7 Å². The van der Waals surface area contributed by atoms with Crippen molar-refractivity contribution in [3.63, 3.8) is 0 Å². The van der Waals surface area contributed by atoms with Crippen LogP contribution in [0.4, 0.5) is 5.69 Å². The van der Waals surface area contributed by atoms with Crippen molar-refractivity contribution in [1.82, 2.24) is 0 Å². The Morgan fingerprint density at radius 1 is 1.26 bits per heavy atom. The number of carbonyl (C=O) groups excluding carboxylic acids is 1. The normalized spacial score (nSPS) is 15.8. The maximum atomic E-state index is 13.0. The van der Waals surface area contributed by atoms with E-state index in [4.69, 9.17) is 4.84 Å². The lowest BCUT2D eigenvalue weighted by Crippen LogP contribution is -2.38. The van der Waals surface area contributed by atoms with Crippen molar-refractivity contribution in [2.45, 2.75) is 74.9 Å². The Balaban J connectivity index is 2.23. The van der Waals surface area contributed by atoms with Gasteiger partial charge in [0.1, 0.15) is 0 Å². The monoisotopic (exact) mass is 454 g/mol. The van der Waals surface area contributed by atoms with E-state index < -0.39 is 0 Å². The third kappa shape index (κ3) is 6.53. The molecule has 1 fully saturated rings. The highest BCUT2D eigenvalue weighted by atomic mass is 79.9. The number of oxime groups is 1. The Morgan fingerprint density at radius 3 is 2.56 bits per heavy atom. The molecule has 150 valence electrons. The molecule has 0 aliphatic heterocycles. The zero-order valence-corrected chi connectivity index (χ0v) is 19.1. The van der Waals surface area contributed by atoms with Crippen molar-refractivity contribution in [3.05, 3.63) is 23.8 Å². The molecule has 0 heterocycles. The predicted molar refractivity (Wildman–Crippen MR) is 119 cm³/mol.